The standard InChI is InChI=1S/C16H16FN3O2/c1-4-10-11-8(7(2)19-10)5-6-9(17)12(11)20-14-13(18-3)15(21)16(14)22/h4-7,18-20H,1-3H3/b10-4+. The normalized spacial score (nSPS) is 18.4. The van der Waals surface area contributed by atoms with E-state index in [0.29, 0.717) is 5.56 Å². The molecule has 0 saturated carbocycles. The average Bonchev–Trinajstić information content (AvgIpc) is 2.84. The van der Waals surface area contributed by atoms with Gasteiger partial charge in [0.25, 0.3) is 10.9 Å². The molecule has 3 N–H and O–H groups in total. The quantitative estimate of drug-likeness (QED) is 0.758. The number of fused-ring (bicyclic) bond motifs is 1. The second-order valence-electron chi connectivity index (χ2n) is 5.24. The van der Waals surface area contributed by atoms with E-state index in [1.807, 2.05) is 19.9 Å². The first kappa shape index (κ1) is 14.3. The molecule has 0 spiro atoms. The van der Waals surface area contributed by atoms with E-state index in [0.717, 1.165) is 11.3 Å². The van der Waals surface area contributed by atoms with Crippen molar-refractivity contribution in [2.24, 2.45) is 0 Å². The lowest BCUT2D eigenvalue weighted by molar-refractivity contribution is 0.630. The van der Waals surface area contributed by atoms with Crippen LogP contribution >= 0.6 is 0 Å². The van der Waals surface area contributed by atoms with Gasteiger partial charge in [0.15, 0.2) is 0 Å². The van der Waals surface area contributed by atoms with Gasteiger partial charge in [-0.2, -0.15) is 0 Å². The third-order valence-electron chi connectivity index (χ3n) is 3.99. The molecule has 0 fully saturated rings. The van der Waals surface area contributed by atoms with Crippen LogP contribution in [0.3, 0.4) is 0 Å². The minimum atomic E-state index is -0.637. The maximum absolute atomic E-state index is 14.3. The third-order valence-corrected chi connectivity index (χ3v) is 3.99. The van der Waals surface area contributed by atoms with Gasteiger partial charge in [-0.25, -0.2) is 4.39 Å². The van der Waals surface area contributed by atoms with Gasteiger partial charge in [0.1, 0.15) is 17.2 Å². The van der Waals surface area contributed by atoms with Gasteiger partial charge in [-0.05, 0) is 25.5 Å². The third kappa shape index (κ3) is 1.83. The van der Waals surface area contributed by atoms with E-state index in [1.54, 1.807) is 13.1 Å². The van der Waals surface area contributed by atoms with Crippen molar-refractivity contribution in [3.8, 4) is 0 Å². The van der Waals surface area contributed by atoms with Gasteiger partial charge in [0.05, 0.1) is 5.69 Å². The zero-order valence-electron chi connectivity index (χ0n) is 12.5. The summed E-state index contributed by atoms with van der Waals surface area (Å²) in [5, 5.41) is 8.73. The molecule has 22 heavy (non-hydrogen) atoms. The summed E-state index contributed by atoms with van der Waals surface area (Å²) in [5.41, 5.74) is 1.73. The average molecular weight is 301 g/mol. The molecule has 2 aromatic carbocycles. The van der Waals surface area contributed by atoms with Crippen molar-refractivity contribution in [1.29, 1.82) is 0 Å². The Kier molecular flexibility index (Phi) is 3.24. The van der Waals surface area contributed by atoms with Crippen LogP contribution in [0, 0.1) is 5.82 Å². The number of anilines is 3. The first-order chi connectivity index (χ1) is 10.5. The molecule has 0 aliphatic carbocycles. The summed E-state index contributed by atoms with van der Waals surface area (Å²) in [6.45, 7) is 3.84. The second-order valence-corrected chi connectivity index (χ2v) is 5.24. The molecule has 0 amide bonds. The summed E-state index contributed by atoms with van der Waals surface area (Å²) in [6.07, 6.45) is 1.86. The van der Waals surface area contributed by atoms with E-state index < -0.39 is 16.7 Å². The van der Waals surface area contributed by atoms with E-state index in [4.69, 9.17) is 0 Å². The van der Waals surface area contributed by atoms with E-state index in [9.17, 15) is 14.0 Å². The van der Waals surface area contributed by atoms with Gasteiger partial charge in [-0.3, -0.25) is 9.59 Å². The SMILES string of the molecule is C/C=C1/NC(C)c2ccc(F)c(Nc3c(NC)c(=O)c3=O)c21. The van der Waals surface area contributed by atoms with Crippen LogP contribution in [-0.2, 0) is 0 Å². The van der Waals surface area contributed by atoms with Crippen LogP contribution in [0.25, 0.3) is 5.70 Å². The maximum atomic E-state index is 14.3. The minimum Gasteiger partial charge on any atom is -0.383 e. The number of hydrogen-bond acceptors (Lipinski definition) is 5. The van der Waals surface area contributed by atoms with Gasteiger partial charge in [0, 0.05) is 24.4 Å². The zero-order valence-corrected chi connectivity index (χ0v) is 12.5. The second kappa shape index (κ2) is 4.98. The highest BCUT2D eigenvalue weighted by Crippen LogP contribution is 2.40. The molecule has 1 aliphatic rings. The molecule has 114 valence electrons. The lowest BCUT2D eigenvalue weighted by atomic mass is 10.0. The number of benzene rings is 1. The summed E-state index contributed by atoms with van der Waals surface area (Å²) in [6, 6.07) is 3.15. The molecule has 1 heterocycles. The Balaban J connectivity index is 2.15. The molecule has 0 aromatic heterocycles. The molecule has 0 radical (unpaired) electrons. The van der Waals surface area contributed by atoms with Crippen molar-refractivity contribution in [2.75, 3.05) is 17.7 Å². The topological polar surface area (TPSA) is 70.2 Å². The van der Waals surface area contributed by atoms with Gasteiger partial charge in [0.2, 0.25) is 0 Å². The van der Waals surface area contributed by atoms with E-state index in [-0.39, 0.29) is 23.1 Å². The first-order valence-electron chi connectivity index (χ1n) is 7.03. The Morgan fingerprint density at radius 1 is 1.18 bits per heavy atom. The molecule has 1 unspecified atom stereocenters. The van der Waals surface area contributed by atoms with Crippen LogP contribution in [0.15, 0.2) is 27.8 Å². The Hall–Kier alpha value is -2.63. The van der Waals surface area contributed by atoms with Crippen LogP contribution in [0.5, 0.6) is 0 Å². The molecule has 5 nitrogen and oxygen atoms in total. The highest BCUT2D eigenvalue weighted by atomic mass is 19.1. The summed E-state index contributed by atoms with van der Waals surface area (Å²) >= 11 is 0. The van der Waals surface area contributed by atoms with Gasteiger partial charge < -0.3 is 16.0 Å². The maximum Gasteiger partial charge on any atom is 0.253 e. The predicted octanol–water partition coefficient (Wildman–Crippen LogP) is 2.23. The summed E-state index contributed by atoms with van der Waals surface area (Å²) in [5.74, 6) is -0.468. The van der Waals surface area contributed by atoms with Gasteiger partial charge in [-0.15, -0.1) is 0 Å². The lowest BCUT2D eigenvalue weighted by Crippen LogP contribution is -2.36. The fourth-order valence-corrected chi connectivity index (χ4v) is 2.85. The van der Waals surface area contributed by atoms with Crippen molar-refractivity contribution >= 4 is 22.8 Å². The molecular formula is C16H16FN3O2. The fraction of sp³-hybridized carbons (Fsp3) is 0.250. The number of halogens is 1. The summed E-state index contributed by atoms with van der Waals surface area (Å²) in [7, 11) is 1.55. The van der Waals surface area contributed by atoms with E-state index in [2.05, 4.69) is 16.0 Å². The molecule has 1 atom stereocenters. The van der Waals surface area contributed by atoms with Gasteiger partial charge >= 0.3 is 0 Å². The number of hydrogen-bond donors (Lipinski definition) is 3. The largest absolute Gasteiger partial charge is 0.383 e. The molecule has 0 saturated heterocycles. The summed E-state index contributed by atoms with van der Waals surface area (Å²) < 4.78 is 14.3. The Morgan fingerprint density at radius 2 is 1.86 bits per heavy atom. The summed E-state index contributed by atoms with van der Waals surface area (Å²) in [4.78, 5) is 23.2. The van der Waals surface area contributed by atoms with Crippen molar-refractivity contribution in [2.45, 2.75) is 19.9 Å². The Labute approximate surface area is 126 Å². The predicted molar refractivity (Wildman–Crippen MR) is 85.8 cm³/mol. The molecule has 1 aliphatic heterocycles. The Bertz CT molecular complexity index is 863. The van der Waals surface area contributed by atoms with E-state index >= 15 is 0 Å². The highest BCUT2D eigenvalue weighted by Gasteiger charge is 2.29. The van der Waals surface area contributed by atoms with Crippen molar-refractivity contribution < 1.29 is 4.39 Å². The van der Waals surface area contributed by atoms with Crippen LogP contribution < -0.4 is 26.8 Å². The number of allylic oxidation sites excluding steroid dienone is 1. The fourth-order valence-electron chi connectivity index (χ4n) is 2.85. The molecule has 3 rings (SSSR count). The molecule has 0 bridgehead atoms. The van der Waals surface area contributed by atoms with Crippen molar-refractivity contribution in [3.05, 3.63) is 55.6 Å². The smallest absolute Gasteiger partial charge is 0.253 e. The van der Waals surface area contributed by atoms with Crippen LogP contribution in [0.2, 0.25) is 0 Å². The minimum absolute atomic E-state index is 0.0545. The molecule has 6 heteroatoms. The lowest BCUT2D eigenvalue weighted by Gasteiger charge is -2.16. The van der Waals surface area contributed by atoms with E-state index in [1.165, 1.54) is 6.07 Å². The van der Waals surface area contributed by atoms with Crippen molar-refractivity contribution in [1.82, 2.24) is 5.32 Å². The first-order valence-corrected chi connectivity index (χ1v) is 7.03. The number of rotatable bonds is 3. The monoisotopic (exact) mass is 301 g/mol. The van der Waals surface area contributed by atoms with Crippen LogP contribution in [0.1, 0.15) is 31.0 Å². The Morgan fingerprint density at radius 3 is 2.50 bits per heavy atom. The van der Waals surface area contributed by atoms with Crippen LogP contribution in [0.4, 0.5) is 21.5 Å². The number of nitrogens with one attached hydrogen (secondary N) is 3. The van der Waals surface area contributed by atoms with Crippen molar-refractivity contribution in [3.63, 3.8) is 0 Å². The van der Waals surface area contributed by atoms with Crippen LogP contribution in [-0.4, -0.2) is 7.05 Å². The zero-order chi connectivity index (χ0) is 16.0. The molecular weight excluding hydrogens is 285 g/mol. The highest BCUT2D eigenvalue weighted by molar-refractivity contribution is 5.87. The van der Waals surface area contributed by atoms with Gasteiger partial charge in [-0.1, -0.05) is 12.1 Å². The molecule has 2 aromatic rings.